The number of benzene rings is 3. The van der Waals surface area contributed by atoms with E-state index in [0.29, 0.717) is 16.9 Å². The molecule has 22 heavy (non-hydrogen) atoms. The van der Waals surface area contributed by atoms with Crippen LogP contribution in [0.3, 0.4) is 0 Å². The number of ketones is 1. The number of carbonyl (C=O) groups excluding carboxylic acids is 2. The summed E-state index contributed by atoms with van der Waals surface area (Å²) in [6, 6.07) is 16.9. The molecule has 4 rings (SSSR count). The molecule has 0 amide bonds. The van der Waals surface area contributed by atoms with Gasteiger partial charge in [0.2, 0.25) is 0 Å². The second-order valence-electron chi connectivity index (χ2n) is 5.31. The zero-order valence-corrected chi connectivity index (χ0v) is 11.9. The Morgan fingerprint density at radius 2 is 1.50 bits per heavy atom. The average molecular weight is 288 g/mol. The van der Waals surface area contributed by atoms with Gasteiger partial charge in [-0.25, -0.2) is 0 Å². The first kappa shape index (κ1) is 12.8. The van der Waals surface area contributed by atoms with Crippen LogP contribution in [0, 0.1) is 0 Å². The van der Waals surface area contributed by atoms with Crippen LogP contribution in [0.15, 0.2) is 54.6 Å². The van der Waals surface area contributed by atoms with Crippen LogP contribution in [0.5, 0.6) is 5.75 Å². The molecule has 0 aromatic heterocycles. The summed E-state index contributed by atoms with van der Waals surface area (Å²) >= 11 is 0. The Labute approximate surface area is 127 Å². The maximum absolute atomic E-state index is 12.6. The van der Waals surface area contributed by atoms with Crippen molar-refractivity contribution in [3.63, 3.8) is 0 Å². The number of fused-ring (bicyclic) bond motifs is 5. The van der Waals surface area contributed by atoms with E-state index in [1.165, 1.54) is 6.92 Å². The standard InChI is InChI=1S/C19H12O3/c1-11(20)22-17-10-16-18(13-7-3-2-6-12(13)17)14-8-4-5-9-15(14)19(16)21/h2-10H,1H3. The van der Waals surface area contributed by atoms with Crippen molar-refractivity contribution in [2.45, 2.75) is 6.92 Å². The molecule has 0 radical (unpaired) electrons. The number of ether oxygens (including phenoxy) is 1. The van der Waals surface area contributed by atoms with Crippen LogP contribution in [-0.2, 0) is 4.79 Å². The Hall–Kier alpha value is -2.94. The van der Waals surface area contributed by atoms with E-state index in [1.54, 1.807) is 6.07 Å². The number of carbonyl (C=O) groups is 2. The fourth-order valence-electron chi connectivity index (χ4n) is 3.09. The van der Waals surface area contributed by atoms with E-state index in [2.05, 4.69) is 0 Å². The third-order valence-electron chi connectivity index (χ3n) is 3.95. The largest absolute Gasteiger partial charge is 0.426 e. The van der Waals surface area contributed by atoms with Gasteiger partial charge < -0.3 is 4.74 Å². The summed E-state index contributed by atoms with van der Waals surface area (Å²) in [5.41, 5.74) is 3.15. The molecule has 0 heterocycles. The zero-order chi connectivity index (χ0) is 15.3. The lowest BCUT2D eigenvalue weighted by molar-refractivity contribution is -0.131. The maximum atomic E-state index is 12.6. The highest BCUT2D eigenvalue weighted by Gasteiger charge is 2.29. The Morgan fingerprint density at radius 1 is 0.864 bits per heavy atom. The van der Waals surface area contributed by atoms with Gasteiger partial charge in [-0.3, -0.25) is 9.59 Å². The zero-order valence-electron chi connectivity index (χ0n) is 11.9. The smallest absolute Gasteiger partial charge is 0.308 e. The lowest BCUT2D eigenvalue weighted by Gasteiger charge is -2.11. The van der Waals surface area contributed by atoms with Crippen LogP contribution < -0.4 is 4.74 Å². The van der Waals surface area contributed by atoms with Gasteiger partial charge in [-0.1, -0.05) is 48.5 Å². The van der Waals surface area contributed by atoms with Gasteiger partial charge in [-0.2, -0.15) is 0 Å². The molecule has 0 atom stereocenters. The van der Waals surface area contributed by atoms with Gasteiger partial charge in [0.15, 0.2) is 5.78 Å². The third kappa shape index (κ3) is 1.69. The van der Waals surface area contributed by atoms with Crippen LogP contribution >= 0.6 is 0 Å². The fraction of sp³-hybridized carbons (Fsp3) is 0.0526. The summed E-state index contributed by atoms with van der Waals surface area (Å²) in [5, 5.41) is 1.76. The Balaban J connectivity index is 2.12. The summed E-state index contributed by atoms with van der Waals surface area (Å²) in [6.07, 6.45) is 0. The predicted octanol–water partition coefficient (Wildman–Crippen LogP) is 3.98. The molecule has 1 aliphatic rings. The highest BCUT2D eigenvalue weighted by Crippen LogP contribution is 2.44. The monoisotopic (exact) mass is 288 g/mol. The summed E-state index contributed by atoms with van der Waals surface area (Å²) in [4.78, 5) is 24.0. The number of rotatable bonds is 1. The molecule has 0 aliphatic heterocycles. The third-order valence-corrected chi connectivity index (χ3v) is 3.95. The lowest BCUT2D eigenvalue weighted by Crippen LogP contribution is -2.03. The first-order valence-electron chi connectivity index (χ1n) is 7.05. The van der Waals surface area contributed by atoms with Crippen molar-refractivity contribution >= 4 is 22.5 Å². The molecule has 3 nitrogen and oxygen atoms in total. The minimum Gasteiger partial charge on any atom is -0.426 e. The van der Waals surface area contributed by atoms with E-state index >= 15 is 0 Å². The quantitative estimate of drug-likeness (QED) is 0.393. The first-order chi connectivity index (χ1) is 10.7. The van der Waals surface area contributed by atoms with Gasteiger partial charge in [0.1, 0.15) is 5.75 Å². The van der Waals surface area contributed by atoms with Gasteiger partial charge in [0.25, 0.3) is 0 Å². The van der Waals surface area contributed by atoms with Crippen molar-refractivity contribution in [1.29, 1.82) is 0 Å². The SMILES string of the molecule is CC(=O)Oc1cc2c(c3ccccc13)-c1ccccc1C2=O. The molecule has 0 unspecified atom stereocenters. The highest BCUT2D eigenvalue weighted by molar-refractivity contribution is 6.26. The predicted molar refractivity (Wildman–Crippen MR) is 84.1 cm³/mol. The molecule has 0 saturated carbocycles. The molecule has 0 saturated heterocycles. The van der Waals surface area contributed by atoms with Crippen LogP contribution in [0.4, 0.5) is 0 Å². The second-order valence-corrected chi connectivity index (χ2v) is 5.31. The summed E-state index contributed by atoms with van der Waals surface area (Å²) < 4.78 is 5.31. The minimum absolute atomic E-state index is 0.0234. The van der Waals surface area contributed by atoms with E-state index in [9.17, 15) is 9.59 Å². The Bertz CT molecular complexity index is 954. The van der Waals surface area contributed by atoms with Crippen LogP contribution in [0.2, 0.25) is 0 Å². The average Bonchev–Trinajstić information content (AvgIpc) is 2.81. The van der Waals surface area contributed by atoms with E-state index in [-0.39, 0.29) is 5.78 Å². The minimum atomic E-state index is -0.395. The molecule has 106 valence electrons. The van der Waals surface area contributed by atoms with E-state index < -0.39 is 5.97 Å². The summed E-state index contributed by atoms with van der Waals surface area (Å²) in [6.45, 7) is 1.36. The molecule has 0 N–H and O–H groups in total. The van der Waals surface area contributed by atoms with Crippen LogP contribution in [0.25, 0.3) is 21.9 Å². The van der Waals surface area contributed by atoms with Crippen molar-refractivity contribution in [1.82, 2.24) is 0 Å². The molecule has 3 aromatic carbocycles. The summed E-state index contributed by atoms with van der Waals surface area (Å²) in [7, 11) is 0. The van der Waals surface area contributed by atoms with Crippen LogP contribution in [-0.4, -0.2) is 11.8 Å². The van der Waals surface area contributed by atoms with Crippen molar-refractivity contribution in [3.8, 4) is 16.9 Å². The van der Waals surface area contributed by atoms with Crippen molar-refractivity contribution < 1.29 is 14.3 Å². The Morgan fingerprint density at radius 3 is 2.23 bits per heavy atom. The van der Waals surface area contributed by atoms with Gasteiger partial charge >= 0.3 is 5.97 Å². The van der Waals surface area contributed by atoms with Crippen molar-refractivity contribution in [3.05, 3.63) is 65.7 Å². The number of hydrogen-bond donors (Lipinski definition) is 0. The molecule has 1 aliphatic carbocycles. The van der Waals surface area contributed by atoms with Gasteiger partial charge in [0.05, 0.1) is 0 Å². The molecular formula is C19H12O3. The van der Waals surface area contributed by atoms with Crippen LogP contribution in [0.1, 0.15) is 22.8 Å². The van der Waals surface area contributed by atoms with Crippen molar-refractivity contribution in [2.75, 3.05) is 0 Å². The molecule has 3 heteroatoms. The van der Waals surface area contributed by atoms with Gasteiger partial charge in [0, 0.05) is 29.0 Å². The van der Waals surface area contributed by atoms with E-state index in [0.717, 1.165) is 21.9 Å². The number of esters is 1. The second kappa shape index (κ2) is 4.53. The van der Waals surface area contributed by atoms with Gasteiger partial charge in [-0.05, 0) is 17.0 Å². The highest BCUT2D eigenvalue weighted by atomic mass is 16.5. The number of hydrogen-bond acceptors (Lipinski definition) is 3. The topological polar surface area (TPSA) is 43.4 Å². The molecule has 0 bridgehead atoms. The molecule has 0 spiro atoms. The molecule has 0 fully saturated rings. The fourth-order valence-corrected chi connectivity index (χ4v) is 3.09. The maximum Gasteiger partial charge on any atom is 0.308 e. The lowest BCUT2D eigenvalue weighted by atomic mass is 9.97. The molecular weight excluding hydrogens is 276 g/mol. The Kier molecular flexibility index (Phi) is 2.63. The summed E-state index contributed by atoms with van der Waals surface area (Å²) in [5.74, 6) is 0.0147. The van der Waals surface area contributed by atoms with E-state index in [4.69, 9.17) is 4.74 Å². The first-order valence-corrected chi connectivity index (χ1v) is 7.05. The van der Waals surface area contributed by atoms with Crippen molar-refractivity contribution in [2.24, 2.45) is 0 Å². The van der Waals surface area contributed by atoms with Gasteiger partial charge in [-0.15, -0.1) is 0 Å². The van der Waals surface area contributed by atoms with E-state index in [1.807, 2.05) is 48.5 Å². The normalized spacial score (nSPS) is 12.1. The molecule has 3 aromatic rings.